The van der Waals surface area contributed by atoms with Crippen molar-refractivity contribution in [1.29, 1.82) is 0 Å². The highest BCUT2D eigenvalue weighted by Crippen LogP contribution is 2.35. The van der Waals surface area contributed by atoms with Gasteiger partial charge in [0.05, 0.1) is 5.92 Å². The second-order valence-corrected chi connectivity index (χ2v) is 7.93. The zero-order valence-corrected chi connectivity index (χ0v) is 16.9. The van der Waals surface area contributed by atoms with Gasteiger partial charge >= 0.3 is 0 Å². The van der Waals surface area contributed by atoms with Gasteiger partial charge < -0.3 is 10.2 Å². The Kier molecular flexibility index (Phi) is 5.56. The summed E-state index contributed by atoms with van der Waals surface area (Å²) in [5.41, 5.74) is 4.75. The third kappa shape index (κ3) is 4.01. The summed E-state index contributed by atoms with van der Waals surface area (Å²) in [6.07, 6.45) is 0.220. The summed E-state index contributed by atoms with van der Waals surface area (Å²) in [5, 5.41) is 3.50. The van der Waals surface area contributed by atoms with Crippen LogP contribution in [-0.2, 0) is 9.59 Å². The van der Waals surface area contributed by atoms with E-state index >= 15 is 0 Å². The summed E-state index contributed by atoms with van der Waals surface area (Å²) >= 11 is 6.13. The minimum absolute atomic E-state index is 0.00621. The van der Waals surface area contributed by atoms with Crippen LogP contribution in [0.1, 0.15) is 42.9 Å². The Balaban J connectivity index is 1.79. The molecule has 1 aliphatic rings. The predicted octanol–water partition coefficient (Wildman–Crippen LogP) is 5.07. The lowest BCUT2D eigenvalue weighted by atomic mass is 9.97. The molecule has 27 heavy (non-hydrogen) atoms. The van der Waals surface area contributed by atoms with Gasteiger partial charge in [0.15, 0.2) is 0 Å². The van der Waals surface area contributed by atoms with E-state index in [1.807, 2.05) is 38.1 Å². The lowest BCUT2D eigenvalue weighted by molar-refractivity contribution is -0.122. The van der Waals surface area contributed by atoms with Crippen molar-refractivity contribution < 1.29 is 9.59 Å². The molecule has 0 aromatic heterocycles. The number of para-hydroxylation sites is 1. The van der Waals surface area contributed by atoms with Crippen LogP contribution in [0, 0.1) is 19.8 Å². The Morgan fingerprint density at radius 3 is 2.59 bits per heavy atom. The van der Waals surface area contributed by atoms with Crippen LogP contribution in [0.4, 0.5) is 11.4 Å². The van der Waals surface area contributed by atoms with E-state index in [0.717, 1.165) is 22.4 Å². The molecule has 1 aliphatic heterocycles. The van der Waals surface area contributed by atoms with Gasteiger partial charge in [0.2, 0.25) is 11.8 Å². The molecular weight excluding hydrogens is 360 g/mol. The maximum Gasteiger partial charge on any atom is 0.229 e. The summed E-state index contributed by atoms with van der Waals surface area (Å²) in [6.45, 7) is 8.55. The molecule has 4 nitrogen and oxygen atoms in total. The number of carbonyl (C=O) groups excluding carboxylic acids is 2. The fourth-order valence-corrected chi connectivity index (χ4v) is 3.71. The molecule has 0 saturated carbocycles. The van der Waals surface area contributed by atoms with Crippen molar-refractivity contribution in [2.45, 2.75) is 40.0 Å². The number of nitrogens with zero attached hydrogens (tertiary/aromatic N) is 1. The van der Waals surface area contributed by atoms with Crippen molar-refractivity contribution in [1.82, 2.24) is 0 Å². The van der Waals surface area contributed by atoms with Gasteiger partial charge in [0, 0.05) is 29.4 Å². The summed E-state index contributed by atoms with van der Waals surface area (Å²) in [7, 11) is 0. The second-order valence-electron chi connectivity index (χ2n) is 7.53. The SMILES string of the molecule is Cc1ccc(NC(=O)C2CC(=O)N(c3c(C)cccc3C(C)C)C2)cc1Cl. The third-order valence-corrected chi connectivity index (χ3v) is 5.50. The zero-order chi connectivity index (χ0) is 19.7. The fourth-order valence-electron chi connectivity index (χ4n) is 3.53. The summed E-state index contributed by atoms with van der Waals surface area (Å²) in [6, 6.07) is 11.5. The molecule has 1 heterocycles. The molecule has 1 unspecified atom stereocenters. The van der Waals surface area contributed by atoms with Crippen molar-refractivity contribution in [3.63, 3.8) is 0 Å². The van der Waals surface area contributed by atoms with E-state index in [1.165, 1.54) is 0 Å². The van der Waals surface area contributed by atoms with Crippen LogP contribution in [0.25, 0.3) is 0 Å². The van der Waals surface area contributed by atoms with Gasteiger partial charge in [-0.2, -0.15) is 0 Å². The smallest absolute Gasteiger partial charge is 0.229 e. The quantitative estimate of drug-likeness (QED) is 0.799. The van der Waals surface area contributed by atoms with Crippen LogP contribution in [0.2, 0.25) is 5.02 Å². The topological polar surface area (TPSA) is 49.4 Å². The van der Waals surface area contributed by atoms with Gasteiger partial charge in [-0.1, -0.05) is 49.7 Å². The van der Waals surface area contributed by atoms with Crippen LogP contribution in [0.3, 0.4) is 0 Å². The highest BCUT2D eigenvalue weighted by Gasteiger charge is 2.36. The van der Waals surface area contributed by atoms with Crippen LogP contribution in [0.5, 0.6) is 0 Å². The molecule has 142 valence electrons. The first-order valence-electron chi connectivity index (χ1n) is 9.24. The highest BCUT2D eigenvalue weighted by atomic mass is 35.5. The van der Waals surface area contributed by atoms with Gasteiger partial charge in [-0.05, 0) is 48.6 Å². The van der Waals surface area contributed by atoms with Crippen LogP contribution < -0.4 is 10.2 Å². The number of nitrogens with one attached hydrogen (secondary N) is 1. The van der Waals surface area contributed by atoms with E-state index in [-0.39, 0.29) is 24.2 Å². The first-order chi connectivity index (χ1) is 12.8. The van der Waals surface area contributed by atoms with E-state index in [0.29, 0.717) is 23.2 Å². The monoisotopic (exact) mass is 384 g/mol. The Morgan fingerprint density at radius 1 is 1.19 bits per heavy atom. The summed E-state index contributed by atoms with van der Waals surface area (Å²) in [5.74, 6) is -0.230. The Labute approximate surface area is 165 Å². The summed E-state index contributed by atoms with van der Waals surface area (Å²) < 4.78 is 0. The van der Waals surface area contributed by atoms with Crippen molar-refractivity contribution in [2.75, 3.05) is 16.8 Å². The number of anilines is 2. The van der Waals surface area contributed by atoms with Crippen LogP contribution in [0.15, 0.2) is 36.4 Å². The molecule has 0 radical (unpaired) electrons. The first-order valence-corrected chi connectivity index (χ1v) is 9.62. The number of amides is 2. The molecule has 3 rings (SSSR count). The minimum Gasteiger partial charge on any atom is -0.326 e. The molecule has 1 N–H and O–H groups in total. The summed E-state index contributed by atoms with van der Waals surface area (Å²) in [4.78, 5) is 27.2. The van der Waals surface area contributed by atoms with E-state index in [2.05, 4.69) is 25.2 Å². The fraction of sp³-hybridized carbons (Fsp3) is 0.364. The van der Waals surface area contributed by atoms with Crippen molar-refractivity contribution in [2.24, 2.45) is 5.92 Å². The second kappa shape index (κ2) is 7.73. The lowest BCUT2D eigenvalue weighted by Crippen LogP contribution is -2.29. The molecule has 1 saturated heterocycles. The van der Waals surface area contributed by atoms with E-state index in [9.17, 15) is 9.59 Å². The van der Waals surface area contributed by atoms with E-state index in [1.54, 1.807) is 11.0 Å². The number of carbonyl (C=O) groups is 2. The molecule has 1 atom stereocenters. The Hall–Kier alpha value is -2.33. The molecule has 2 amide bonds. The van der Waals surface area contributed by atoms with Crippen molar-refractivity contribution in [3.05, 3.63) is 58.1 Å². The van der Waals surface area contributed by atoms with Crippen molar-refractivity contribution >= 4 is 34.8 Å². The number of hydrogen-bond donors (Lipinski definition) is 1. The normalized spacial score (nSPS) is 16.9. The Morgan fingerprint density at radius 2 is 1.93 bits per heavy atom. The maximum absolute atomic E-state index is 12.7. The minimum atomic E-state index is -0.378. The van der Waals surface area contributed by atoms with Crippen molar-refractivity contribution in [3.8, 4) is 0 Å². The van der Waals surface area contributed by atoms with E-state index in [4.69, 9.17) is 11.6 Å². The molecule has 2 aromatic rings. The Bertz CT molecular complexity index is 892. The largest absolute Gasteiger partial charge is 0.326 e. The average molecular weight is 385 g/mol. The molecule has 0 bridgehead atoms. The van der Waals surface area contributed by atoms with Gasteiger partial charge in [-0.15, -0.1) is 0 Å². The number of hydrogen-bond acceptors (Lipinski definition) is 2. The average Bonchev–Trinajstić information content (AvgIpc) is 2.99. The standard InChI is InChI=1S/C22H25ClN2O2/c1-13(2)18-7-5-6-15(4)21(18)25-12-16(10-20(25)26)22(27)24-17-9-8-14(3)19(23)11-17/h5-9,11,13,16H,10,12H2,1-4H3,(H,24,27). The number of aryl methyl sites for hydroxylation is 2. The van der Waals surface area contributed by atoms with Crippen LogP contribution >= 0.6 is 11.6 Å². The highest BCUT2D eigenvalue weighted by molar-refractivity contribution is 6.31. The molecule has 1 fully saturated rings. The van der Waals surface area contributed by atoms with Gasteiger partial charge in [-0.3, -0.25) is 9.59 Å². The van der Waals surface area contributed by atoms with Crippen LogP contribution in [-0.4, -0.2) is 18.4 Å². The number of rotatable bonds is 4. The van der Waals surface area contributed by atoms with Gasteiger partial charge in [-0.25, -0.2) is 0 Å². The third-order valence-electron chi connectivity index (χ3n) is 5.10. The molecule has 0 spiro atoms. The first kappa shape index (κ1) is 19.4. The van der Waals surface area contributed by atoms with E-state index < -0.39 is 0 Å². The molecule has 2 aromatic carbocycles. The predicted molar refractivity (Wildman–Crippen MR) is 111 cm³/mol. The zero-order valence-electron chi connectivity index (χ0n) is 16.2. The molecule has 0 aliphatic carbocycles. The van der Waals surface area contributed by atoms with Gasteiger partial charge in [0.1, 0.15) is 0 Å². The maximum atomic E-state index is 12.7. The number of benzene rings is 2. The molecule has 5 heteroatoms. The molecular formula is C22H25ClN2O2. The number of halogens is 1. The van der Waals surface area contributed by atoms with Gasteiger partial charge in [0.25, 0.3) is 0 Å². The lowest BCUT2D eigenvalue weighted by Gasteiger charge is -2.24.